The molecule has 0 saturated carbocycles. The van der Waals surface area contributed by atoms with E-state index in [1.807, 2.05) is 6.07 Å². The molecular weight excluding hydrogens is 495 g/mol. The average molecular weight is 515 g/mol. The fraction of sp³-hybridized carbons (Fsp3) is 0.143. The summed E-state index contributed by atoms with van der Waals surface area (Å²) in [5, 5.41) is 32.8. The number of fused-ring (bicyclic) bond motifs is 1. The molecule has 2 aromatic carbocycles. The van der Waals surface area contributed by atoms with Gasteiger partial charge in [-0.2, -0.15) is 5.26 Å². The Kier molecular flexibility index (Phi) is 6.00. The zero-order valence-electron chi connectivity index (χ0n) is 19.6. The van der Waals surface area contributed by atoms with Gasteiger partial charge in [-0.1, -0.05) is 29.8 Å². The molecule has 37 heavy (non-hydrogen) atoms. The molecule has 0 saturated heterocycles. The Labute approximate surface area is 217 Å². The van der Waals surface area contributed by atoms with E-state index in [0.717, 1.165) is 11.0 Å². The number of nitrogens with zero attached hydrogens (tertiary/aromatic N) is 4. The first-order chi connectivity index (χ1) is 17.7. The molecule has 0 fully saturated rings. The van der Waals surface area contributed by atoms with Gasteiger partial charge in [-0.25, -0.2) is 4.39 Å². The Morgan fingerprint density at radius 1 is 1.14 bits per heavy atom. The second kappa shape index (κ2) is 9.05. The standard InChI is InChI=1S/C28H20ClFN4O3/c1-27(36,24-4-2-3-11-32-24)19-12-22-25(23(30)13-19)28(37,18-6-8-20(29)9-7-18)34(26(22)35)16-21-10-5-17(14-31)15-33-21/h2-13,15,36-37H,16H2,1H3. The van der Waals surface area contributed by atoms with E-state index in [1.165, 1.54) is 49.6 Å². The van der Waals surface area contributed by atoms with Gasteiger partial charge in [0.2, 0.25) is 0 Å². The highest BCUT2D eigenvalue weighted by molar-refractivity contribution is 6.30. The number of pyridine rings is 2. The van der Waals surface area contributed by atoms with Crippen LogP contribution < -0.4 is 0 Å². The largest absolute Gasteiger partial charge is 0.379 e. The molecule has 2 atom stereocenters. The molecule has 0 spiro atoms. The van der Waals surface area contributed by atoms with Gasteiger partial charge in [0, 0.05) is 23.0 Å². The van der Waals surface area contributed by atoms with Gasteiger partial charge in [0.1, 0.15) is 17.5 Å². The van der Waals surface area contributed by atoms with Crippen molar-refractivity contribution in [2.45, 2.75) is 24.8 Å². The third-order valence-electron chi connectivity index (χ3n) is 6.55. The maximum Gasteiger partial charge on any atom is 0.257 e. The molecule has 0 aliphatic carbocycles. The molecule has 0 radical (unpaired) electrons. The molecule has 5 rings (SSSR count). The van der Waals surface area contributed by atoms with Crippen LogP contribution in [0, 0.1) is 17.1 Å². The number of hydrogen-bond acceptors (Lipinski definition) is 6. The average Bonchev–Trinajstić information content (AvgIpc) is 3.12. The van der Waals surface area contributed by atoms with Crippen LogP contribution in [0.5, 0.6) is 0 Å². The van der Waals surface area contributed by atoms with Crippen molar-refractivity contribution in [1.29, 1.82) is 5.26 Å². The predicted molar refractivity (Wildman–Crippen MR) is 133 cm³/mol. The van der Waals surface area contributed by atoms with Crippen molar-refractivity contribution in [3.63, 3.8) is 0 Å². The van der Waals surface area contributed by atoms with Crippen LogP contribution in [0.25, 0.3) is 0 Å². The van der Waals surface area contributed by atoms with E-state index in [0.29, 0.717) is 16.3 Å². The van der Waals surface area contributed by atoms with Crippen molar-refractivity contribution in [2.24, 2.45) is 0 Å². The molecule has 4 aromatic rings. The lowest BCUT2D eigenvalue weighted by molar-refractivity contribution is -0.0567. The third-order valence-corrected chi connectivity index (χ3v) is 6.80. The summed E-state index contributed by atoms with van der Waals surface area (Å²) in [4.78, 5) is 23.2. The lowest BCUT2D eigenvalue weighted by Gasteiger charge is -2.35. The maximum atomic E-state index is 15.9. The first-order valence-corrected chi connectivity index (χ1v) is 11.7. The number of nitriles is 1. The topological polar surface area (TPSA) is 110 Å². The summed E-state index contributed by atoms with van der Waals surface area (Å²) in [6.07, 6.45) is 2.86. The van der Waals surface area contributed by atoms with Crippen LogP contribution in [0.3, 0.4) is 0 Å². The molecule has 0 bridgehead atoms. The first kappa shape index (κ1) is 24.5. The Bertz CT molecular complexity index is 1540. The van der Waals surface area contributed by atoms with E-state index in [9.17, 15) is 15.0 Å². The van der Waals surface area contributed by atoms with Crippen molar-refractivity contribution < 1.29 is 19.4 Å². The van der Waals surface area contributed by atoms with Crippen LogP contribution in [0.2, 0.25) is 5.02 Å². The molecule has 2 aromatic heterocycles. The number of amides is 1. The Morgan fingerprint density at radius 3 is 2.51 bits per heavy atom. The fourth-order valence-corrected chi connectivity index (χ4v) is 4.68. The summed E-state index contributed by atoms with van der Waals surface area (Å²) in [5.41, 5.74) is -2.93. The number of aliphatic hydroxyl groups is 2. The Balaban J connectivity index is 1.67. The quantitative estimate of drug-likeness (QED) is 0.412. The first-order valence-electron chi connectivity index (χ1n) is 11.3. The van der Waals surface area contributed by atoms with Crippen molar-refractivity contribution >= 4 is 17.5 Å². The van der Waals surface area contributed by atoms with Gasteiger partial charge < -0.3 is 10.2 Å². The second-order valence-electron chi connectivity index (χ2n) is 8.89. The highest BCUT2D eigenvalue weighted by Crippen LogP contribution is 2.46. The van der Waals surface area contributed by atoms with Crippen LogP contribution >= 0.6 is 11.6 Å². The lowest BCUT2D eigenvalue weighted by atomic mass is 9.86. The summed E-state index contributed by atoms with van der Waals surface area (Å²) in [6, 6.07) is 18.6. The number of carbonyl (C=O) groups is 1. The molecule has 2 unspecified atom stereocenters. The lowest BCUT2D eigenvalue weighted by Crippen LogP contribution is -2.44. The smallest absolute Gasteiger partial charge is 0.257 e. The van der Waals surface area contributed by atoms with Crippen molar-refractivity contribution in [2.75, 3.05) is 0 Å². The highest BCUT2D eigenvalue weighted by atomic mass is 35.5. The van der Waals surface area contributed by atoms with Crippen molar-refractivity contribution in [1.82, 2.24) is 14.9 Å². The van der Waals surface area contributed by atoms with Gasteiger partial charge in [-0.15, -0.1) is 0 Å². The summed E-state index contributed by atoms with van der Waals surface area (Å²) in [6.45, 7) is 1.28. The number of carbonyl (C=O) groups excluding carboxylic acids is 1. The Hall–Kier alpha value is -4.16. The van der Waals surface area contributed by atoms with Crippen molar-refractivity contribution in [3.8, 4) is 6.07 Å². The van der Waals surface area contributed by atoms with E-state index in [-0.39, 0.29) is 34.5 Å². The summed E-state index contributed by atoms with van der Waals surface area (Å²) in [5.74, 6) is -1.53. The molecule has 1 aliphatic rings. The molecular formula is C28H20ClFN4O3. The number of aromatic nitrogens is 2. The normalized spacial score (nSPS) is 18.3. The van der Waals surface area contributed by atoms with E-state index >= 15 is 4.39 Å². The van der Waals surface area contributed by atoms with E-state index < -0.39 is 23.1 Å². The molecule has 1 amide bonds. The van der Waals surface area contributed by atoms with Crippen LogP contribution in [0.4, 0.5) is 4.39 Å². The van der Waals surface area contributed by atoms with E-state index in [1.54, 1.807) is 30.3 Å². The summed E-state index contributed by atoms with van der Waals surface area (Å²) < 4.78 is 15.9. The number of halogens is 2. The highest BCUT2D eigenvalue weighted by Gasteiger charge is 2.52. The van der Waals surface area contributed by atoms with Gasteiger partial charge in [-0.3, -0.25) is 19.7 Å². The van der Waals surface area contributed by atoms with Crippen LogP contribution in [0.15, 0.2) is 79.1 Å². The molecule has 1 aliphatic heterocycles. The zero-order valence-corrected chi connectivity index (χ0v) is 20.3. The molecule has 3 heterocycles. The Morgan fingerprint density at radius 2 is 1.89 bits per heavy atom. The number of benzene rings is 2. The molecule has 184 valence electrons. The predicted octanol–water partition coefficient (Wildman–Crippen LogP) is 4.25. The SMILES string of the molecule is CC(O)(c1cc(F)c2c(c1)C(=O)N(Cc1ccc(C#N)cn1)C2(O)c1ccc(Cl)cc1)c1ccccn1. The van der Waals surface area contributed by atoms with Gasteiger partial charge in [0.05, 0.1) is 34.6 Å². The zero-order chi connectivity index (χ0) is 26.4. The number of rotatable bonds is 5. The van der Waals surface area contributed by atoms with Gasteiger partial charge in [0.15, 0.2) is 5.72 Å². The maximum absolute atomic E-state index is 15.9. The fourth-order valence-electron chi connectivity index (χ4n) is 4.55. The van der Waals surface area contributed by atoms with E-state index in [2.05, 4.69) is 9.97 Å². The third kappa shape index (κ3) is 4.03. The summed E-state index contributed by atoms with van der Waals surface area (Å²) in [7, 11) is 0. The minimum atomic E-state index is -2.19. The van der Waals surface area contributed by atoms with Crippen LogP contribution in [0.1, 0.15) is 50.9 Å². The monoisotopic (exact) mass is 514 g/mol. The van der Waals surface area contributed by atoms with Gasteiger partial charge >= 0.3 is 0 Å². The van der Waals surface area contributed by atoms with Crippen molar-refractivity contribution in [3.05, 3.63) is 129 Å². The van der Waals surface area contributed by atoms with Crippen LogP contribution in [-0.4, -0.2) is 31.0 Å². The molecule has 7 nitrogen and oxygen atoms in total. The van der Waals surface area contributed by atoms with Gasteiger partial charge in [-0.05, 0) is 61.0 Å². The van der Waals surface area contributed by atoms with Gasteiger partial charge in [0.25, 0.3) is 5.91 Å². The molecule has 9 heteroatoms. The summed E-state index contributed by atoms with van der Waals surface area (Å²) >= 11 is 6.04. The minimum Gasteiger partial charge on any atom is -0.379 e. The minimum absolute atomic E-state index is 0.0997. The number of hydrogen-bond donors (Lipinski definition) is 2. The second-order valence-corrected chi connectivity index (χ2v) is 9.32. The molecule has 2 N–H and O–H groups in total. The van der Waals surface area contributed by atoms with Crippen LogP contribution in [-0.2, 0) is 17.9 Å². The van der Waals surface area contributed by atoms with E-state index in [4.69, 9.17) is 16.9 Å².